The minimum absolute atomic E-state index is 0.0483. The number of carbonyl (C=O) groups is 1. The Morgan fingerprint density at radius 1 is 1.33 bits per heavy atom. The molecule has 24 heavy (non-hydrogen) atoms. The van der Waals surface area contributed by atoms with E-state index in [0.717, 1.165) is 32.6 Å². The molecule has 3 fully saturated rings. The Bertz CT molecular complexity index is 639. The molecule has 4 nitrogen and oxygen atoms in total. The number of amides is 1. The van der Waals surface area contributed by atoms with Crippen LogP contribution in [0.25, 0.3) is 0 Å². The molecule has 0 saturated carbocycles. The number of ether oxygens (including phenoxy) is 1. The molecular weight excluding hydrogens is 300 g/mol. The molecule has 1 N–H and O–H groups in total. The number of hydrogen-bond acceptors (Lipinski definition) is 3. The maximum atomic E-state index is 11.3. The van der Waals surface area contributed by atoms with Gasteiger partial charge >= 0.3 is 0 Å². The van der Waals surface area contributed by atoms with Gasteiger partial charge in [0.15, 0.2) is 0 Å². The SMILES string of the molecule is CC(=O)NC[C@H]1[C@H]2CN(Cc3cc(C)cc(C)c3)C[C@]23CC[C@H]1O3. The van der Waals surface area contributed by atoms with E-state index in [4.69, 9.17) is 4.74 Å². The van der Waals surface area contributed by atoms with E-state index < -0.39 is 0 Å². The van der Waals surface area contributed by atoms with Crippen LogP contribution in [0.1, 0.15) is 36.5 Å². The molecule has 3 aliphatic rings. The van der Waals surface area contributed by atoms with Crippen molar-refractivity contribution in [2.75, 3.05) is 19.6 Å². The summed E-state index contributed by atoms with van der Waals surface area (Å²) < 4.78 is 6.45. The Kier molecular flexibility index (Phi) is 3.92. The zero-order chi connectivity index (χ0) is 16.9. The van der Waals surface area contributed by atoms with Crippen LogP contribution in [0, 0.1) is 25.7 Å². The largest absolute Gasteiger partial charge is 0.370 e. The molecule has 0 aliphatic carbocycles. The molecule has 1 aromatic carbocycles. The summed E-state index contributed by atoms with van der Waals surface area (Å²) in [4.78, 5) is 13.9. The van der Waals surface area contributed by atoms with Crippen LogP contribution < -0.4 is 5.32 Å². The van der Waals surface area contributed by atoms with Gasteiger partial charge < -0.3 is 10.1 Å². The number of nitrogens with zero attached hydrogens (tertiary/aromatic N) is 1. The zero-order valence-electron chi connectivity index (χ0n) is 15.0. The van der Waals surface area contributed by atoms with Crippen molar-refractivity contribution in [2.45, 2.75) is 51.9 Å². The second-order valence-corrected chi connectivity index (χ2v) is 8.13. The highest BCUT2D eigenvalue weighted by molar-refractivity contribution is 5.72. The van der Waals surface area contributed by atoms with E-state index in [1.165, 1.54) is 23.1 Å². The zero-order valence-corrected chi connectivity index (χ0v) is 15.0. The predicted molar refractivity (Wildman–Crippen MR) is 93.7 cm³/mol. The minimum Gasteiger partial charge on any atom is -0.370 e. The lowest BCUT2D eigenvalue weighted by atomic mass is 9.73. The molecule has 4 atom stereocenters. The quantitative estimate of drug-likeness (QED) is 0.923. The summed E-state index contributed by atoms with van der Waals surface area (Å²) >= 11 is 0. The summed E-state index contributed by atoms with van der Waals surface area (Å²) in [5.41, 5.74) is 4.12. The molecule has 0 aromatic heterocycles. The molecule has 3 heterocycles. The molecule has 2 bridgehead atoms. The molecule has 3 saturated heterocycles. The van der Waals surface area contributed by atoms with Crippen LogP contribution in [0.2, 0.25) is 0 Å². The van der Waals surface area contributed by atoms with E-state index in [0.29, 0.717) is 17.9 Å². The number of fused-ring (bicyclic) bond motifs is 1. The summed E-state index contributed by atoms with van der Waals surface area (Å²) in [6, 6.07) is 6.83. The fraction of sp³-hybridized carbons (Fsp3) is 0.650. The number of likely N-dealkylation sites (tertiary alicyclic amines) is 1. The molecule has 1 aromatic rings. The van der Waals surface area contributed by atoms with Gasteiger partial charge in [-0.2, -0.15) is 0 Å². The number of carbonyl (C=O) groups excluding carboxylic acids is 1. The van der Waals surface area contributed by atoms with Gasteiger partial charge in [-0.15, -0.1) is 0 Å². The Morgan fingerprint density at radius 3 is 2.79 bits per heavy atom. The maximum absolute atomic E-state index is 11.3. The number of benzene rings is 1. The normalized spacial score (nSPS) is 34.5. The standard InChI is InChI=1S/C20H28N2O2/c1-13-6-14(2)8-16(7-13)10-22-11-18-17(9-21-15(3)23)19-4-5-20(18,12-22)24-19/h6-8,17-19H,4-5,9-12H2,1-3H3,(H,21,23)/t17-,18+,19+,20+/m0/s1. The van der Waals surface area contributed by atoms with Gasteiger partial charge in [0.25, 0.3) is 0 Å². The van der Waals surface area contributed by atoms with Gasteiger partial charge in [0, 0.05) is 44.9 Å². The van der Waals surface area contributed by atoms with E-state index in [2.05, 4.69) is 42.3 Å². The fourth-order valence-electron chi connectivity index (χ4n) is 5.36. The number of aryl methyl sites for hydroxylation is 2. The third-order valence-corrected chi connectivity index (χ3v) is 6.13. The molecule has 130 valence electrons. The molecule has 1 spiro atoms. The van der Waals surface area contributed by atoms with E-state index >= 15 is 0 Å². The van der Waals surface area contributed by atoms with Crippen LogP contribution >= 0.6 is 0 Å². The average Bonchev–Trinajstić information content (AvgIpc) is 3.11. The van der Waals surface area contributed by atoms with Crippen LogP contribution in [0.4, 0.5) is 0 Å². The van der Waals surface area contributed by atoms with Crippen molar-refractivity contribution >= 4 is 5.91 Å². The Hall–Kier alpha value is -1.39. The first-order chi connectivity index (χ1) is 11.4. The molecule has 3 aliphatic heterocycles. The Balaban J connectivity index is 1.47. The summed E-state index contributed by atoms with van der Waals surface area (Å²) in [5.74, 6) is 1.11. The van der Waals surface area contributed by atoms with Crippen LogP contribution in [-0.4, -0.2) is 42.1 Å². The highest BCUT2D eigenvalue weighted by atomic mass is 16.5. The number of nitrogens with one attached hydrogen (secondary N) is 1. The summed E-state index contributed by atoms with van der Waals surface area (Å²) in [7, 11) is 0. The van der Waals surface area contributed by atoms with Gasteiger partial charge in [-0.05, 0) is 32.3 Å². The molecule has 4 heteroatoms. The topological polar surface area (TPSA) is 41.6 Å². The van der Waals surface area contributed by atoms with Crippen molar-refractivity contribution in [3.8, 4) is 0 Å². The van der Waals surface area contributed by atoms with E-state index in [1.807, 2.05) is 0 Å². The van der Waals surface area contributed by atoms with Crippen molar-refractivity contribution in [3.63, 3.8) is 0 Å². The highest BCUT2D eigenvalue weighted by Gasteiger charge is 2.62. The van der Waals surface area contributed by atoms with Crippen molar-refractivity contribution in [3.05, 3.63) is 34.9 Å². The fourth-order valence-corrected chi connectivity index (χ4v) is 5.36. The van der Waals surface area contributed by atoms with Gasteiger partial charge in [-0.25, -0.2) is 0 Å². The van der Waals surface area contributed by atoms with Gasteiger partial charge in [0.2, 0.25) is 5.91 Å². The first-order valence-corrected chi connectivity index (χ1v) is 9.17. The van der Waals surface area contributed by atoms with Crippen molar-refractivity contribution in [1.82, 2.24) is 10.2 Å². The van der Waals surface area contributed by atoms with E-state index in [1.54, 1.807) is 6.92 Å². The lowest BCUT2D eigenvalue weighted by molar-refractivity contribution is -0.119. The maximum Gasteiger partial charge on any atom is 0.216 e. The first kappa shape index (κ1) is 16.1. The van der Waals surface area contributed by atoms with Crippen molar-refractivity contribution in [2.24, 2.45) is 11.8 Å². The van der Waals surface area contributed by atoms with Gasteiger partial charge in [0.1, 0.15) is 0 Å². The lowest BCUT2D eigenvalue weighted by Crippen LogP contribution is -2.41. The summed E-state index contributed by atoms with van der Waals surface area (Å²) in [5, 5.41) is 3.02. The van der Waals surface area contributed by atoms with E-state index in [9.17, 15) is 4.79 Å². The molecule has 0 radical (unpaired) electrons. The van der Waals surface area contributed by atoms with Gasteiger partial charge in [0.05, 0.1) is 11.7 Å². The summed E-state index contributed by atoms with van der Waals surface area (Å²) in [6.07, 6.45) is 2.69. The number of hydrogen-bond donors (Lipinski definition) is 1. The third-order valence-electron chi connectivity index (χ3n) is 6.13. The molecule has 4 rings (SSSR count). The third kappa shape index (κ3) is 2.76. The lowest BCUT2D eigenvalue weighted by Gasteiger charge is -2.29. The smallest absolute Gasteiger partial charge is 0.216 e. The minimum atomic E-state index is 0.0483. The van der Waals surface area contributed by atoms with Gasteiger partial charge in [-0.3, -0.25) is 9.69 Å². The second kappa shape index (κ2) is 5.85. The number of rotatable bonds is 4. The first-order valence-electron chi connectivity index (χ1n) is 9.17. The van der Waals surface area contributed by atoms with Crippen LogP contribution in [0.15, 0.2) is 18.2 Å². The molecule has 0 unspecified atom stereocenters. The van der Waals surface area contributed by atoms with Crippen molar-refractivity contribution in [1.29, 1.82) is 0 Å². The van der Waals surface area contributed by atoms with Crippen LogP contribution in [-0.2, 0) is 16.1 Å². The van der Waals surface area contributed by atoms with Gasteiger partial charge in [-0.1, -0.05) is 29.3 Å². The van der Waals surface area contributed by atoms with Crippen LogP contribution in [0.3, 0.4) is 0 Å². The van der Waals surface area contributed by atoms with Crippen LogP contribution in [0.5, 0.6) is 0 Å². The Labute approximate surface area is 144 Å². The Morgan fingerprint density at radius 2 is 2.08 bits per heavy atom. The van der Waals surface area contributed by atoms with Crippen molar-refractivity contribution < 1.29 is 9.53 Å². The molecule has 1 amide bonds. The monoisotopic (exact) mass is 328 g/mol. The van der Waals surface area contributed by atoms with E-state index in [-0.39, 0.29) is 11.5 Å². The molecular formula is C20H28N2O2. The predicted octanol–water partition coefficient (Wildman–Crippen LogP) is 2.42. The average molecular weight is 328 g/mol. The summed E-state index contributed by atoms with van der Waals surface area (Å²) in [6.45, 7) is 9.84. The highest BCUT2D eigenvalue weighted by Crippen LogP contribution is 2.54. The second-order valence-electron chi connectivity index (χ2n) is 8.13.